The first kappa shape index (κ1) is 16.7. The third kappa shape index (κ3) is 3.97. The smallest absolute Gasteiger partial charge is 0.243 e. The van der Waals surface area contributed by atoms with Crippen LogP contribution in [0.5, 0.6) is 0 Å². The van der Waals surface area contributed by atoms with Crippen molar-refractivity contribution in [3.05, 3.63) is 30.1 Å². The Kier molecular flexibility index (Phi) is 5.05. The highest BCUT2D eigenvalue weighted by molar-refractivity contribution is 7.92. The highest BCUT2D eigenvalue weighted by Crippen LogP contribution is 2.23. The van der Waals surface area contributed by atoms with Gasteiger partial charge in [-0.25, -0.2) is 12.8 Å². The molecule has 1 saturated carbocycles. The van der Waals surface area contributed by atoms with Gasteiger partial charge in [-0.1, -0.05) is 18.9 Å². The van der Waals surface area contributed by atoms with Crippen molar-refractivity contribution < 1.29 is 17.6 Å². The Bertz CT molecular complexity index is 642. The molecule has 122 valence electrons. The second-order valence-electron chi connectivity index (χ2n) is 5.70. The summed E-state index contributed by atoms with van der Waals surface area (Å²) in [5.41, 5.74) is 0.150. The molecule has 1 atom stereocenters. The summed E-state index contributed by atoms with van der Waals surface area (Å²) in [6.07, 6.45) is 4.98. The summed E-state index contributed by atoms with van der Waals surface area (Å²) < 4.78 is 38.4. The van der Waals surface area contributed by atoms with Crippen molar-refractivity contribution in [3.63, 3.8) is 0 Å². The van der Waals surface area contributed by atoms with Crippen molar-refractivity contribution in [2.75, 3.05) is 10.6 Å². The van der Waals surface area contributed by atoms with Crippen LogP contribution in [0.3, 0.4) is 0 Å². The zero-order valence-electron chi connectivity index (χ0n) is 12.8. The second kappa shape index (κ2) is 6.64. The molecule has 1 aromatic rings. The molecule has 1 aliphatic carbocycles. The zero-order chi connectivity index (χ0) is 16.3. The number of anilines is 1. The van der Waals surface area contributed by atoms with Crippen LogP contribution in [0.4, 0.5) is 10.1 Å². The summed E-state index contributed by atoms with van der Waals surface area (Å²) in [5.74, 6) is -0.906. The van der Waals surface area contributed by atoms with E-state index in [9.17, 15) is 17.6 Å². The normalized spacial score (nSPS) is 17.2. The number of carbonyl (C=O) groups is 1. The molecule has 0 saturated heterocycles. The molecular weight excluding hydrogens is 307 g/mol. The van der Waals surface area contributed by atoms with Crippen LogP contribution in [0.15, 0.2) is 24.3 Å². The van der Waals surface area contributed by atoms with E-state index in [1.807, 2.05) is 0 Å². The monoisotopic (exact) mass is 328 g/mol. The summed E-state index contributed by atoms with van der Waals surface area (Å²) in [5, 5.41) is 2.88. The van der Waals surface area contributed by atoms with Crippen LogP contribution in [0.25, 0.3) is 0 Å². The molecule has 1 amide bonds. The van der Waals surface area contributed by atoms with E-state index in [2.05, 4.69) is 5.32 Å². The summed E-state index contributed by atoms with van der Waals surface area (Å²) in [6.45, 7) is 1.51. The molecule has 0 spiro atoms. The fraction of sp³-hybridized carbons (Fsp3) is 0.533. The number of hydrogen-bond donors (Lipinski definition) is 1. The van der Waals surface area contributed by atoms with E-state index < -0.39 is 21.9 Å². The van der Waals surface area contributed by atoms with Crippen LogP contribution >= 0.6 is 0 Å². The van der Waals surface area contributed by atoms with Gasteiger partial charge in [0.25, 0.3) is 0 Å². The molecular formula is C15H21FN2O3S. The number of nitrogens with zero attached hydrogens (tertiary/aromatic N) is 1. The highest BCUT2D eigenvalue weighted by Gasteiger charge is 2.30. The first-order valence-electron chi connectivity index (χ1n) is 7.34. The molecule has 7 heteroatoms. The molecule has 5 nitrogen and oxygen atoms in total. The summed E-state index contributed by atoms with van der Waals surface area (Å²) >= 11 is 0. The highest BCUT2D eigenvalue weighted by atomic mass is 32.2. The lowest BCUT2D eigenvalue weighted by molar-refractivity contribution is -0.122. The van der Waals surface area contributed by atoms with Crippen LogP contribution in [0, 0.1) is 5.82 Å². The van der Waals surface area contributed by atoms with Gasteiger partial charge in [0.2, 0.25) is 15.9 Å². The molecule has 0 bridgehead atoms. The maximum Gasteiger partial charge on any atom is 0.243 e. The molecule has 1 aromatic carbocycles. The SMILES string of the molecule is CC(C(=O)NC1CCCC1)N(c1cccc(F)c1)S(C)(=O)=O. The fourth-order valence-corrected chi connectivity index (χ4v) is 3.98. The van der Waals surface area contributed by atoms with Crippen molar-refractivity contribution in [2.24, 2.45) is 0 Å². The minimum atomic E-state index is -3.71. The van der Waals surface area contributed by atoms with E-state index in [0.29, 0.717) is 0 Å². The van der Waals surface area contributed by atoms with Gasteiger partial charge in [0.1, 0.15) is 11.9 Å². The standard InChI is InChI=1S/C15H21FN2O3S/c1-11(15(19)17-13-7-3-4-8-13)18(22(2,20)21)14-9-5-6-12(16)10-14/h5-6,9-11,13H,3-4,7-8H2,1-2H3,(H,17,19). The summed E-state index contributed by atoms with van der Waals surface area (Å²) in [7, 11) is -3.71. The molecule has 1 fully saturated rings. The lowest BCUT2D eigenvalue weighted by Gasteiger charge is -2.29. The van der Waals surface area contributed by atoms with Crippen molar-refractivity contribution in [3.8, 4) is 0 Å². The molecule has 0 radical (unpaired) electrons. The maximum atomic E-state index is 13.4. The number of halogens is 1. The number of nitrogens with one attached hydrogen (secondary N) is 1. The Morgan fingerprint density at radius 3 is 2.55 bits per heavy atom. The van der Waals surface area contributed by atoms with E-state index in [0.717, 1.165) is 42.3 Å². The van der Waals surface area contributed by atoms with Gasteiger partial charge in [-0.15, -0.1) is 0 Å². The Balaban J connectivity index is 2.23. The molecule has 1 unspecified atom stereocenters. The van der Waals surface area contributed by atoms with E-state index in [1.165, 1.54) is 25.1 Å². The number of benzene rings is 1. The lowest BCUT2D eigenvalue weighted by Crippen LogP contribution is -2.50. The minimum absolute atomic E-state index is 0.101. The third-order valence-electron chi connectivity index (χ3n) is 3.85. The summed E-state index contributed by atoms with van der Waals surface area (Å²) in [4.78, 5) is 12.3. The second-order valence-corrected chi connectivity index (χ2v) is 7.56. The lowest BCUT2D eigenvalue weighted by atomic mass is 10.2. The first-order valence-corrected chi connectivity index (χ1v) is 9.19. The van der Waals surface area contributed by atoms with Crippen LogP contribution in [-0.2, 0) is 14.8 Å². The van der Waals surface area contributed by atoms with Crippen LogP contribution in [-0.4, -0.2) is 32.7 Å². The van der Waals surface area contributed by atoms with Crippen molar-refractivity contribution in [1.82, 2.24) is 5.32 Å². The van der Waals surface area contributed by atoms with Gasteiger partial charge in [0.15, 0.2) is 0 Å². The molecule has 0 aliphatic heterocycles. The van der Waals surface area contributed by atoms with Crippen LogP contribution < -0.4 is 9.62 Å². The number of sulfonamides is 1. The van der Waals surface area contributed by atoms with E-state index >= 15 is 0 Å². The van der Waals surface area contributed by atoms with Crippen LogP contribution in [0.2, 0.25) is 0 Å². The van der Waals surface area contributed by atoms with Gasteiger partial charge < -0.3 is 5.32 Å². The maximum absolute atomic E-state index is 13.4. The van der Waals surface area contributed by atoms with Crippen molar-refractivity contribution in [2.45, 2.75) is 44.7 Å². The largest absolute Gasteiger partial charge is 0.352 e. The van der Waals surface area contributed by atoms with Gasteiger partial charge in [-0.05, 0) is 38.0 Å². The summed E-state index contributed by atoms with van der Waals surface area (Å²) in [6, 6.07) is 4.41. The van der Waals surface area contributed by atoms with Crippen molar-refractivity contribution >= 4 is 21.6 Å². The minimum Gasteiger partial charge on any atom is -0.352 e. The molecule has 22 heavy (non-hydrogen) atoms. The first-order chi connectivity index (χ1) is 10.3. The van der Waals surface area contributed by atoms with Gasteiger partial charge in [-0.2, -0.15) is 0 Å². The average molecular weight is 328 g/mol. The number of hydrogen-bond acceptors (Lipinski definition) is 3. The predicted molar refractivity (Wildman–Crippen MR) is 83.6 cm³/mol. The Morgan fingerprint density at radius 2 is 2.00 bits per heavy atom. The third-order valence-corrected chi connectivity index (χ3v) is 5.09. The Hall–Kier alpha value is -1.63. The zero-order valence-corrected chi connectivity index (χ0v) is 13.6. The molecule has 0 aromatic heterocycles. The van der Waals surface area contributed by atoms with E-state index in [-0.39, 0.29) is 17.6 Å². The van der Waals surface area contributed by atoms with Gasteiger partial charge >= 0.3 is 0 Å². The van der Waals surface area contributed by atoms with E-state index in [1.54, 1.807) is 0 Å². The molecule has 1 aliphatic rings. The number of rotatable bonds is 5. The van der Waals surface area contributed by atoms with Gasteiger partial charge in [0.05, 0.1) is 11.9 Å². The molecule has 0 heterocycles. The number of amides is 1. The molecule has 1 N–H and O–H groups in total. The Morgan fingerprint density at radius 1 is 1.36 bits per heavy atom. The van der Waals surface area contributed by atoms with E-state index in [4.69, 9.17) is 0 Å². The fourth-order valence-electron chi connectivity index (χ4n) is 2.81. The van der Waals surface area contributed by atoms with Gasteiger partial charge in [-0.3, -0.25) is 9.10 Å². The van der Waals surface area contributed by atoms with Crippen LogP contribution in [0.1, 0.15) is 32.6 Å². The van der Waals surface area contributed by atoms with Crippen molar-refractivity contribution in [1.29, 1.82) is 0 Å². The Labute approximate surface area is 130 Å². The number of carbonyl (C=O) groups excluding carboxylic acids is 1. The molecule has 2 rings (SSSR count). The van der Waals surface area contributed by atoms with Gasteiger partial charge in [0, 0.05) is 6.04 Å². The predicted octanol–water partition coefficient (Wildman–Crippen LogP) is 2.04. The topological polar surface area (TPSA) is 66.5 Å². The average Bonchev–Trinajstić information content (AvgIpc) is 2.90. The quantitative estimate of drug-likeness (QED) is 0.899.